The van der Waals surface area contributed by atoms with Crippen LogP contribution in [-0.2, 0) is 11.3 Å². The Kier molecular flexibility index (Phi) is 5.60. The van der Waals surface area contributed by atoms with Crippen LogP contribution in [0.5, 0.6) is 0 Å². The van der Waals surface area contributed by atoms with Crippen molar-refractivity contribution in [3.05, 3.63) is 64.1 Å². The van der Waals surface area contributed by atoms with E-state index in [0.29, 0.717) is 21.6 Å². The van der Waals surface area contributed by atoms with E-state index in [1.54, 1.807) is 25.1 Å². The average molecular weight is 389 g/mol. The molecule has 0 spiro atoms. The van der Waals surface area contributed by atoms with Crippen molar-refractivity contribution in [2.75, 3.05) is 0 Å². The van der Waals surface area contributed by atoms with Gasteiger partial charge in [-0.25, -0.2) is 5.43 Å². The van der Waals surface area contributed by atoms with Crippen LogP contribution in [0, 0.1) is 0 Å². The Bertz CT molecular complexity index is 955. The van der Waals surface area contributed by atoms with Crippen molar-refractivity contribution in [2.45, 2.75) is 13.5 Å². The molecule has 2 aromatic carbocycles. The topological polar surface area (TPSA) is 85.1 Å². The minimum Gasteiger partial charge on any atom is -0.271 e. The van der Waals surface area contributed by atoms with E-state index in [2.05, 4.69) is 25.9 Å². The van der Waals surface area contributed by atoms with Crippen molar-refractivity contribution in [1.82, 2.24) is 25.6 Å². The van der Waals surface area contributed by atoms with Crippen LogP contribution in [-0.4, -0.2) is 31.8 Å². The van der Waals surface area contributed by atoms with E-state index in [1.807, 2.05) is 30.3 Å². The number of hydrogen-bond donors (Lipinski definition) is 1. The molecule has 0 aliphatic carbocycles. The van der Waals surface area contributed by atoms with Gasteiger partial charge in [0.25, 0.3) is 5.91 Å². The number of hydrazone groups is 1. The van der Waals surface area contributed by atoms with E-state index in [9.17, 15) is 4.79 Å². The second-order valence-corrected chi connectivity index (χ2v) is 6.18. The third-order valence-electron chi connectivity index (χ3n) is 3.46. The van der Waals surface area contributed by atoms with E-state index in [1.165, 1.54) is 4.80 Å². The lowest BCUT2D eigenvalue weighted by Gasteiger charge is -2.04. The molecule has 0 aliphatic rings. The molecule has 7 nitrogen and oxygen atoms in total. The van der Waals surface area contributed by atoms with E-state index < -0.39 is 0 Å². The van der Waals surface area contributed by atoms with Gasteiger partial charge < -0.3 is 0 Å². The highest BCUT2D eigenvalue weighted by molar-refractivity contribution is 6.42. The number of rotatable bonds is 5. The van der Waals surface area contributed by atoms with Gasteiger partial charge in [-0.1, -0.05) is 59.6 Å². The van der Waals surface area contributed by atoms with E-state index in [4.69, 9.17) is 23.2 Å². The predicted molar refractivity (Wildman–Crippen MR) is 100 cm³/mol. The molecule has 0 atom stereocenters. The summed E-state index contributed by atoms with van der Waals surface area (Å²) in [7, 11) is 0. The van der Waals surface area contributed by atoms with Crippen molar-refractivity contribution in [3.8, 4) is 11.4 Å². The lowest BCUT2D eigenvalue weighted by molar-refractivity contribution is -0.122. The molecule has 0 unspecified atom stereocenters. The number of hydrogen-bond acceptors (Lipinski definition) is 5. The fourth-order valence-corrected chi connectivity index (χ4v) is 2.41. The maximum atomic E-state index is 12.0. The number of carbonyl (C=O) groups excluding carboxylic acids is 1. The highest BCUT2D eigenvalue weighted by atomic mass is 35.5. The highest BCUT2D eigenvalue weighted by Gasteiger charge is 2.09. The third kappa shape index (κ3) is 4.44. The molecule has 0 bridgehead atoms. The molecule has 1 amide bonds. The lowest BCUT2D eigenvalue weighted by atomic mass is 10.1. The second-order valence-electron chi connectivity index (χ2n) is 5.37. The van der Waals surface area contributed by atoms with E-state index in [0.717, 1.165) is 11.1 Å². The van der Waals surface area contributed by atoms with Gasteiger partial charge in [0.2, 0.25) is 5.82 Å². The highest BCUT2D eigenvalue weighted by Crippen LogP contribution is 2.22. The normalized spacial score (nSPS) is 11.4. The first-order chi connectivity index (χ1) is 12.5. The van der Waals surface area contributed by atoms with Crippen molar-refractivity contribution in [1.29, 1.82) is 0 Å². The molecule has 3 aromatic rings. The van der Waals surface area contributed by atoms with Crippen LogP contribution in [0.1, 0.15) is 12.5 Å². The van der Waals surface area contributed by atoms with Crippen LogP contribution in [0.25, 0.3) is 11.4 Å². The Morgan fingerprint density at radius 3 is 2.65 bits per heavy atom. The maximum absolute atomic E-state index is 12.0. The predicted octanol–water partition coefficient (Wildman–Crippen LogP) is 3.19. The second kappa shape index (κ2) is 8.07. The van der Waals surface area contributed by atoms with Gasteiger partial charge in [0.1, 0.15) is 6.54 Å². The Morgan fingerprint density at radius 2 is 1.92 bits per heavy atom. The number of nitrogens with zero attached hydrogens (tertiary/aromatic N) is 5. The van der Waals surface area contributed by atoms with Gasteiger partial charge in [-0.2, -0.15) is 9.90 Å². The molecule has 26 heavy (non-hydrogen) atoms. The Balaban J connectivity index is 1.62. The smallest absolute Gasteiger partial charge is 0.263 e. The standard InChI is InChI=1S/C17H14Cl2N6O/c1-11(13-7-8-14(18)15(19)9-13)20-21-16(26)10-25-23-17(22-24-25)12-5-3-2-4-6-12/h2-9H,10H2,1H3,(H,21,26)/b20-11+. The number of carbonyl (C=O) groups is 1. The summed E-state index contributed by atoms with van der Waals surface area (Å²) in [5.74, 6) is 0.0790. The summed E-state index contributed by atoms with van der Waals surface area (Å²) in [5.41, 5.74) is 4.63. The molecule has 0 fully saturated rings. The fraction of sp³-hybridized carbons (Fsp3) is 0.118. The van der Waals surface area contributed by atoms with Crippen LogP contribution < -0.4 is 5.43 Å². The zero-order chi connectivity index (χ0) is 18.5. The summed E-state index contributed by atoms with van der Waals surface area (Å²) in [6.07, 6.45) is 0. The zero-order valence-electron chi connectivity index (χ0n) is 13.7. The molecule has 1 heterocycles. The quantitative estimate of drug-likeness (QED) is 0.537. The zero-order valence-corrected chi connectivity index (χ0v) is 15.2. The minimum absolute atomic E-state index is 0.0992. The Labute approximate surface area is 159 Å². The number of halogens is 2. The molecule has 9 heteroatoms. The van der Waals surface area contributed by atoms with Crippen LogP contribution in [0.4, 0.5) is 0 Å². The molecule has 1 N–H and O–H groups in total. The molecule has 3 rings (SSSR count). The number of aromatic nitrogens is 4. The molecule has 0 aliphatic heterocycles. The molecule has 1 aromatic heterocycles. The third-order valence-corrected chi connectivity index (χ3v) is 4.19. The maximum Gasteiger partial charge on any atom is 0.263 e. The van der Waals surface area contributed by atoms with Gasteiger partial charge in [0.05, 0.1) is 15.8 Å². The number of benzene rings is 2. The summed E-state index contributed by atoms with van der Waals surface area (Å²) in [4.78, 5) is 13.2. The van der Waals surface area contributed by atoms with Crippen molar-refractivity contribution in [3.63, 3.8) is 0 Å². The van der Waals surface area contributed by atoms with Gasteiger partial charge in [-0.05, 0) is 29.8 Å². The molecule has 0 radical (unpaired) electrons. The first kappa shape index (κ1) is 18.0. The van der Waals surface area contributed by atoms with Gasteiger partial charge >= 0.3 is 0 Å². The molecular weight excluding hydrogens is 375 g/mol. The van der Waals surface area contributed by atoms with Gasteiger partial charge in [0.15, 0.2) is 0 Å². The molecule has 0 saturated carbocycles. The van der Waals surface area contributed by atoms with Crippen LogP contribution in [0.3, 0.4) is 0 Å². The summed E-state index contributed by atoms with van der Waals surface area (Å²) < 4.78 is 0. The first-order valence-corrected chi connectivity index (χ1v) is 8.40. The first-order valence-electron chi connectivity index (χ1n) is 7.65. The SMILES string of the molecule is C/C(=N\NC(=O)Cn1nnc(-c2ccccc2)n1)c1ccc(Cl)c(Cl)c1. The average Bonchev–Trinajstić information content (AvgIpc) is 3.11. The number of nitrogens with one attached hydrogen (secondary N) is 1. The summed E-state index contributed by atoms with van der Waals surface area (Å²) in [6.45, 7) is 1.65. The lowest BCUT2D eigenvalue weighted by Crippen LogP contribution is -2.25. The van der Waals surface area contributed by atoms with Crippen molar-refractivity contribution >= 4 is 34.8 Å². The minimum atomic E-state index is -0.374. The number of amides is 1. The van der Waals surface area contributed by atoms with Crippen LogP contribution >= 0.6 is 23.2 Å². The van der Waals surface area contributed by atoms with Gasteiger partial charge in [-0.3, -0.25) is 4.79 Å². The van der Waals surface area contributed by atoms with E-state index in [-0.39, 0.29) is 12.5 Å². The summed E-state index contributed by atoms with van der Waals surface area (Å²) >= 11 is 11.9. The Morgan fingerprint density at radius 1 is 1.15 bits per heavy atom. The van der Waals surface area contributed by atoms with Gasteiger partial charge in [0, 0.05) is 5.56 Å². The molecular formula is C17H14Cl2N6O. The number of tetrazole rings is 1. The van der Waals surface area contributed by atoms with E-state index >= 15 is 0 Å². The molecule has 132 valence electrons. The van der Waals surface area contributed by atoms with Crippen molar-refractivity contribution < 1.29 is 4.79 Å². The monoisotopic (exact) mass is 388 g/mol. The Hall–Kier alpha value is -2.77. The summed E-state index contributed by atoms with van der Waals surface area (Å²) in [5, 5.41) is 16.9. The van der Waals surface area contributed by atoms with Gasteiger partial charge in [-0.15, -0.1) is 10.2 Å². The van der Waals surface area contributed by atoms with Crippen molar-refractivity contribution in [2.24, 2.45) is 5.10 Å². The van der Waals surface area contributed by atoms with Crippen LogP contribution in [0.15, 0.2) is 53.6 Å². The van der Waals surface area contributed by atoms with Crippen LogP contribution in [0.2, 0.25) is 10.0 Å². The summed E-state index contributed by atoms with van der Waals surface area (Å²) in [6, 6.07) is 14.5. The fourth-order valence-electron chi connectivity index (χ4n) is 2.11. The molecule has 0 saturated heterocycles. The largest absolute Gasteiger partial charge is 0.271 e.